The quantitative estimate of drug-likeness (QED) is 0.688. The first-order chi connectivity index (χ1) is 16.1. The molecule has 34 heavy (non-hydrogen) atoms. The summed E-state index contributed by atoms with van der Waals surface area (Å²) < 4.78 is 10.9. The lowest BCUT2D eigenvalue weighted by Gasteiger charge is -2.24. The third-order valence-corrected chi connectivity index (χ3v) is 6.26. The monoisotopic (exact) mass is 466 g/mol. The molecule has 1 saturated heterocycles. The molecule has 4 rings (SSSR count). The summed E-state index contributed by atoms with van der Waals surface area (Å²) >= 11 is 0. The topological polar surface area (TPSA) is 105 Å². The molecule has 0 spiro atoms. The van der Waals surface area contributed by atoms with Crippen molar-refractivity contribution < 1.29 is 29.0 Å². The van der Waals surface area contributed by atoms with Crippen LogP contribution in [-0.4, -0.2) is 60.0 Å². The Bertz CT molecular complexity index is 1050. The van der Waals surface area contributed by atoms with Crippen LogP contribution in [0.5, 0.6) is 0 Å². The van der Waals surface area contributed by atoms with Crippen LogP contribution in [0.3, 0.4) is 0 Å². The SMILES string of the molecule is CC(C)(C)OC(=O)N1C[C@@H](CNC(=O)OCC2c3ccccc3-c3ccccc32)[C@H](C(=O)O)C1. The molecule has 8 nitrogen and oxygen atoms in total. The van der Waals surface area contributed by atoms with E-state index in [-0.39, 0.29) is 32.2 Å². The lowest BCUT2D eigenvalue weighted by Crippen LogP contribution is -2.37. The molecule has 0 radical (unpaired) electrons. The van der Waals surface area contributed by atoms with Gasteiger partial charge in [0.2, 0.25) is 0 Å². The molecule has 2 N–H and O–H groups in total. The molecule has 1 fully saturated rings. The number of hydrogen-bond donors (Lipinski definition) is 2. The summed E-state index contributed by atoms with van der Waals surface area (Å²) in [6.45, 7) is 5.77. The lowest BCUT2D eigenvalue weighted by atomic mass is 9.96. The van der Waals surface area contributed by atoms with Gasteiger partial charge < -0.3 is 24.8 Å². The number of aliphatic carboxylic acids is 1. The van der Waals surface area contributed by atoms with Crippen molar-refractivity contribution in [3.8, 4) is 11.1 Å². The molecule has 2 aromatic rings. The van der Waals surface area contributed by atoms with Gasteiger partial charge in [0, 0.05) is 31.5 Å². The maximum atomic E-state index is 12.5. The zero-order valence-electron chi connectivity index (χ0n) is 19.6. The molecule has 0 saturated carbocycles. The number of benzene rings is 2. The second-order valence-corrected chi connectivity index (χ2v) is 9.80. The molecular formula is C26H30N2O6. The highest BCUT2D eigenvalue weighted by Crippen LogP contribution is 2.44. The Morgan fingerprint density at radius 3 is 2.15 bits per heavy atom. The number of fused-ring (bicyclic) bond motifs is 3. The fourth-order valence-electron chi connectivity index (χ4n) is 4.70. The Morgan fingerprint density at radius 2 is 1.59 bits per heavy atom. The molecule has 2 amide bonds. The molecule has 1 aliphatic carbocycles. The molecule has 2 atom stereocenters. The van der Waals surface area contributed by atoms with Crippen LogP contribution in [0, 0.1) is 11.8 Å². The number of carboxylic acid groups (broad SMARTS) is 1. The highest BCUT2D eigenvalue weighted by molar-refractivity contribution is 5.79. The fourth-order valence-corrected chi connectivity index (χ4v) is 4.70. The van der Waals surface area contributed by atoms with E-state index in [1.165, 1.54) is 4.90 Å². The van der Waals surface area contributed by atoms with E-state index in [0.29, 0.717) is 0 Å². The average molecular weight is 467 g/mol. The number of amides is 2. The molecular weight excluding hydrogens is 436 g/mol. The molecule has 2 aromatic carbocycles. The van der Waals surface area contributed by atoms with Gasteiger partial charge >= 0.3 is 18.2 Å². The van der Waals surface area contributed by atoms with Gasteiger partial charge in [-0.05, 0) is 43.0 Å². The molecule has 0 bridgehead atoms. The maximum absolute atomic E-state index is 12.5. The highest BCUT2D eigenvalue weighted by Gasteiger charge is 2.41. The predicted molar refractivity (Wildman–Crippen MR) is 125 cm³/mol. The molecule has 180 valence electrons. The van der Waals surface area contributed by atoms with E-state index in [1.54, 1.807) is 20.8 Å². The smallest absolute Gasteiger partial charge is 0.410 e. The minimum Gasteiger partial charge on any atom is -0.481 e. The van der Waals surface area contributed by atoms with E-state index in [2.05, 4.69) is 17.4 Å². The number of nitrogens with one attached hydrogen (secondary N) is 1. The van der Waals surface area contributed by atoms with Gasteiger partial charge in [0.25, 0.3) is 0 Å². The number of carbonyl (C=O) groups excluding carboxylic acids is 2. The van der Waals surface area contributed by atoms with Gasteiger partial charge in [-0.3, -0.25) is 4.79 Å². The van der Waals surface area contributed by atoms with E-state index in [1.807, 2.05) is 36.4 Å². The molecule has 0 unspecified atom stereocenters. The predicted octanol–water partition coefficient (Wildman–Crippen LogP) is 4.09. The third kappa shape index (κ3) is 5.00. The summed E-state index contributed by atoms with van der Waals surface area (Å²) in [5.74, 6) is -2.30. The average Bonchev–Trinajstić information content (AvgIpc) is 3.35. The second-order valence-electron chi connectivity index (χ2n) is 9.80. The van der Waals surface area contributed by atoms with Crippen molar-refractivity contribution in [2.45, 2.75) is 32.3 Å². The Morgan fingerprint density at radius 1 is 1.00 bits per heavy atom. The normalized spacial score (nSPS) is 19.3. The van der Waals surface area contributed by atoms with Crippen molar-refractivity contribution in [1.82, 2.24) is 10.2 Å². The van der Waals surface area contributed by atoms with Crippen LogP contribution < -0.4 is 5.32 Å². The van der Waals surface area contributed by atoms with Crippen LogP contribution in [0.2, 0.25) is 0 Å². The van der Waals surface area contributed by atoms with Gasteiger partial charge in [-0.25, -0.2) is 9.59 Å². The Hall–Kier alpha value is -3.55. The number of hydrogen-bond acceptors (Lipinski definition) is 5. The highest BCUT2D eigenvalue weighted by atomic mass is 16.6. The van der Waals surface area contributed by atoms with Crippen LogP contribution >= 0.6 is 0 Å². The Balaban J connectivity index is 1.34. The van der Waals surface area contributed by atoms with Gasteiger partial charge in [0.15, 0.2) is 0 Å². The number of rotatable bonds is 5. The molecule has 8 heteroatoms. The zero-order chi connectivity index (χ0) is 24.5. The first-order valence-corrected chi connectivity index (χ1v) is 11.4. The van der Waals surface area contributed by atoms with Crippen molar-refractivity contribution in [2.24, 2.45) is 11.8 Å². The number of nitrogens with zero attached hydrogens (tertiary/aromatic N) is 1. The summed E-state index contributed by atoms with van der Waals surface area (Å²) in [6.07, 6.45) is -1.16. The van der Waals surface area contributed by atoms with Crippen LogP contribution in [0.4, 0.5) is 9.59 Å². The van der Waals surface area contributed by atoms with E-state index in [4.69, 9.17) is 9.47 Å². The summed E-state index contributed by atoms with van der Waals surface area (Å²) in [4.78, 5) is 37.9. The van der Waals surface area contributed by atoms with Crippen LogP contribution in [0.15, 0.2) is 48.5 Å². The summed E-state index contributed by atoms with van der Waals surface area (Å²) in [5.41, 5.74) is 3.85. The van der Waals surface area contributed by atoms with Crippen molar-refractivity contribution in [3.05, 3.63) is 59.7 Å². The lowest BCUT2D eigenvalue weighted by molar-refractivity contribution is -0.142. The van der Waals surface area contributed by atoms with Crippen molar-refractivity contribution in [3.63, 3.8) is 0 Å². The Labute approximate surface area is 198 Å². The summed E-state index contributed by atoms with van der Waals surface area (Å²) in [6, 6.07) is 16.2. The molecule has 0 aromatic heterocycles. The standard InChI is InChI=1S/C26H30N2O6/c1-26(2,3)34-25(32)28-13-16(21(14-28)23(29)30)12-27-24(31)33-15-22-19-10-6-4-8-17(19)18-9-5-7-11-20(18)22/h4-11,16,21-22H,12-15H2,1-3H3,(H,27,31)(H,29,30)/t16-,21-/m1/s1. The maximum Gasteiger partial charge on any atom is 0.410 e. The number of carbonyl (C=O) groups is 3. The van der Waals surface area contributed by atoms with Gasteiger partial charge in [0.05, 0.1) is 5.92 Å². The third-order valence-electron chi connectivity index (χ3n) is 6.26. The zero-order valence-corrected chi connectivity index (χ0v) is 19.6. The molecule has 1 aliphatic heterocycles. The minimum atomic E-state index is -1.01. The number of likely N-dealkylation sites (tertiary alicyclic amines) is 1. The van der Waals surface area contributed by atoms with Gasteiger partial charge in [-0.2, -0.15) is 0 Å². The van der Waals surface area contributed by atoms with Gasteiger partial charge in [-0.1, -0.05) is 48.5 Å². The number of carboxylic acids is 1. The molecule has 1 heterocycles. The first kappa shape index (κ1) is 23.6. The van der Waals surface area contributed by atoms with Crippen LogP contribution in [0.25, 0.3) is 11.1 Å². The van der Waals surface area contributed by atoms with Crippen molar-refractivity contribution in [1.29, 1.82) is 0 Å². The summed E-state index contributed by atoms with van der Waals surface area (Å²) in [5, 5.41) is 12.3. The largest absolute Gasteiger partial charge is 0.481 e. The number of ether oxygens (including phenoxy) is 2. The van der Waals surface area contributed by atoms with E-state index in [0.717, 1.165) is 22.3 Å². The van der Waals surface area contributed by atoms with Crippen molar-refractivity contribution >= 4 is 18.2 Å². The van der Waals surface area contributed by atoms with E-state index >= 15 is 0 Å². The Kier molecular flexibility index (Phi) is 6.50. The minimum absolute atomic E-state index is 0.0429. The van der Waals surface area contributed by atoms with Gasteiger partial charge in [0.1, 0.15) is 12.2 Å². The van der Waals surface area contributed by atoms with Crippen molar-refractivity contribution in [2.75, 3.05) is 26.2 Å². The number of alkyl carbamates (subject to hydrolysis) is 1. The van der Waals surface area contributed by atoms with Gasteiger partial charge in [-0.15, -0.1) is 0 Å². The van der Waals surface area contributed by atoms with E-state index in [9.17, 15) is 19.5 Å². The second kappa shape index (κ2) is 9.37. The molecule has 2 aliphatic rings. The van der Waals surface area contributed by atoms with Crippen LogP contribution in [0.1, 0.15) is 37.8 Å². The van der Waals surface area contributed by atoms with Crippen LogP contribution in [-0.2, 0) is 14.3 Å². The summed E-state index contributed by atoms with van der Waals surface area (Å²) in [7, 11) is 0. The fraction of sp³-hybridized carbons (Fsp3) is 0.423. The van der Waals surface area contributed by atoms with E-state index < -0.39 is 35.6 Å². The first-order valence-electron chi connectivity index (χ1n) is 11.4.